The maximum absolute atomic E-state index is 4.31. The van der Waals surface area contributed by atoms with E-state index < -0.39 is 0 Å². The summed E-state index contributed by atoms with van der Waals surface area (Å²) < 4.78 is 0. The molecule has 0 bridgehead atoms. The molecule has 0 amide bonds. The smallest absolute Gasteiger partial charge is 0.129 e. The number of rotatable bonds is 5. The molecule has 1 radical (unpaired) electrons. The highest BCUT2D eigenvalue weighted by atomic mass is 15.2. The van der Waals surface area contributed by atoms with Crippen LogP contribution in [-0.4, -0.2) is 18.1 Å². The summed E-state index contributed by atoms with van der Waals surface area (Å²) in [6.45, 7) is 6.54. The van der Waals surface area contributed by atoms with E-state index in [1.165, 1.54) is 0 Å². The van der Waals surface area contributed by atoms with Gasteiger partial charge in [0, 0.05) is 19.3 Å². The highest BCUT2D eigenvalue weighted by Crippen LogP contribution is 2.09. The highest BCUT2D eigenvalue weighted by Gasteiger charge is 2.03. The molecule has 0 spiro atoms. The van der Waals surface area contributed by atoms with Gasteiger partial charge in [0.15, 0.2) is 0 Å². The molecule has 0 unspecified atom stereocenters. The summed E-state index contributed by atoms with van der Waals surface area (Å²) in [4.78, 5) is 6.61. The summed E-state index contributed by atoms with van der Waals surface area (Å²) in [6.07, 6.45) is 4.13. The van der Waals surface area contributed by atoms with Crippen molar-refractivity contribution < 1.29 is 0 Å². The van der Waals surface area contributed by atoms with E-state index in [1.54, 1.807) is 6.20 Å². The zero-order chi connectivity index (χ0) is 9.52. The van der Waals surface area contributed by atoms with E-state index in [0.29, 0.717) is 0 Å². The van der Waals surface area contributed by atoms with Crippen LogP contribution >= 0.6 is 0 Å². The molecule has 0 N–H and O–H groups in total. The number of pyridine rings is 1. The van der Waals surface area contributed by atoms with E-state index in [0.717, 1.165) is 31.7 Å². The van der Waals surface area contributed by atoms with Gasteiger partial charge >= 0.3 is 0 Å². The van der Waals surface area contributed by atoms with Crippen LogP contribution in [0.3, 0.4) is 0 Å². The Morgan fingerprint density at radius 3 is 2.46 bits per heavy atom. The summed E-state index contributed by atoms with van der Waals surface area (Å²) in [5.41, 5.74) is 0. The molecule has 0 saturated carbocycles. The molecular weight excluding hydrogens is 160 g/mol. The quantitative estimate of drug-likeness (QED) is 0.687. The van der Waals surface area contributed by atoms with Crippen LogP contribution in [0, 0.1) is 6.07 Å². The Balaban J connectivity index is 2.64. The molecule has 0 atom stereocenters. The maximum atomic E-state index is 4.31. The fourth-order valence-corrected chi connectivity index (χ4v) is 1.37. The third-order valence-electron chi connectivity index (χ3n) is 1.90. The summed E-state index contributed by atoms with van der Waals surface area (Å²) >= 11 is 0. The van der Waals surface area contributed by atoms with Crippen LogP contribution in [0.1, 0.15) is 26.7 Å². The predicted octanol–water partition coefficient (Wildman–Crippen LogP) is 2.51. The van der Waals surface area contributed by atoms with Crippen LogP contribution < -0.4 is 4.90 Å². The molecule has 0 aromatic carbocycles. The second-order valence-corrected chi connectivity index (χ2v) is 3.10. The van der Waals surface area contributed by atoms with E-state index in [1.807, 2.05) is 12.1 Å². The van der Waals surface area contributed by atoms with Crippen molar-refractivity contribution in [2.75, 3.05) is 18.0 Å². The minimum Gasteiger partial charge on any atom is -0.357 e. The number of anilines is 1. The molecule has 1 rings (SSSR count). The van der Waals surface area contributed by atoms with Gasteiger partial charge < -0.3 is 4.90 Å². The third-order valence-corrected chi connectivity index (χ3v) is 1.90. The molecule has 2 heteroatoms. The van der Waals surface area contributed by atoms with Crippen molar-refractivity contribution in [1.29, 1.82) is 0 Å². The molecule has 0 aliphatic heterocycles. The maximum Gasteiger partial charge on any atom is 0.129 e. The van der Waals surface area contributed by atoms with Gasteiger partial charge in [-0.05, 0) is 31.0 Å². The Bertz CT molecular complexity index is 215. The van der Waals surface area contributed by atoms with Gasteiger partial charge in [0.2, 0.25) is 0 Å². The zero-order valence-corrected chi connectivity index (χ0v) is 8.45. The minimum absolute atomic E-state index is 1.05. The second-order valence-electron chi connectivity index (χ2n) is 3.10. The van der Waals surface area contributed by atoms with E-state index in [9.17, 15) is 0 Å². The van der Waals surface area contributed by atoms with Gasteiger partial charge in [0.05, 0.1) is 0 Å². The minimum atomic E-state index is 1.05. The van der Waals surface area contributed by atoms with Crippen LogP contribution in [-0.2, 0) is 0 Å². The van der Waals surface area contributed by atoms with Gasteiger partial charge in [-0.3, -0.25) is 0 Å². The van der Waals surface area contributed by atoms with Crippen molar-refractivity contribution in [3.63, 3.8) is 0 Å². The van der Waals surface area contributed by atoms with E-state index in [4.69, 9.17) is 0 Å². The fourth-order valence-electron chi connectivity index (χ4n) is 1.37. The van der Waals surface area contributed by atoms with Gasteiger partial charge in [-0.25, -0.2) is 4.98 Å². The second kappa shape index (κ2) is 5.57. The van der Waals surface area contributed by atoms with Gasteiger partial charge in [0.1, 0.15) is 5.82 Å². The predicted molar refractivity (Wildman–Crippen MR) is 55.9 cm³/mol. The summed E-state index contributed by atoms with van der Waals surface area (Å²) in [5.74, 6) is 1.05. The summed E-state index contributed by atoms with van der Waals surface area (Å²) in [7, 11) is 0. The first-order chi connectivity index (χ1) is 6.38. The first kappa shape index (κ1) is 10.0. The Labute approximate surface area is 80.6 Å². The molecule has 71 valence electrons. The van der Waals surface area contributed by atoms with Crippen molar-refractivity contribution in [3.05, 3.63) is 24.4 Å². The normalized spacial score (nSPS) is 10.0. The molecule has 1 heterocycles. The van der Waals surface area contributed by atoms with Crippen LogP contribution in [0.4, 0.5) is 5.82 Å². The molecule has 1 aromatic rings. The van der Waals surface area contributed by atoms with Crippen molar-refractivity contribution in [2.24, 2.45) is 0 Å². The lowest BCUT2D eigenvalue weighted by Gasteiger charge is -2.21. The number of hydrogen-bond acceptors (Lipinski definition) is 2. The number of hydrogen-bond donors (Lipinski definition) is 0. The van der Waals surface area contributed by atoms with Crippen molar-refractivity contribution in [2.45, 2.75) is 26.7 Å². The van der Waals surface area contributed by atoms with Crippen molar-refractivity contribution >= 4 is 5.82 Å². The number of aromatic nitrogens is 1. The first-order valence-electron chi connectivity index (χ1n) is 4.95. The van der Waals surface area contributed by atoms with Gasteiger partial charge in [-0.1, -0.05) is 13.8 Å². The summed E-state index contributed by atoms with van der Waals surface area (Å²) in [6, 6.07) is 6.84. The van der Waals surface area contributed by atoms with E-state index >= 15 is 0 Å². The van der Waals surface area contributed by atoms with Crippen LogP contribution in [0.15, 0.2) is 18.3 Å². The SMILES string of the molecule is CCCN(CCC)c1c[c]ccn1. The molecule has 0 saturated heterocycles. The Hall–Kier alpha value is -1.05. The largest absolute Gasteiger partial charge is 0.357 e. The van der Waals surface area contributed by atoms with E-state index in [-0.39, 0.29) is 0 Å². The molecule has 0 fully saturated rings. The first-order valence-corrected chi connectivity index (χ1v) is 4.95. The van der Waals surface area contributed by atoms with Crippen LogP contribution in [0.2, 0.25) is 0 Å². The Kier molecular flexibility index (Phi) is 4.30. The van der Waals surface area contributed by atoms with Gasteiger partial charge in [-0.15, -0.1) is 0 Å². The third kappa shape index (κ3) is 3.05. The standard InChI is InChI=1S/C11H17N2/c1-3-9-13(10-4-2)11-7-5-6-8-12-11/h6-8H,3-4,9-10H2,1-2H3. The Morgan fingerprint density at radius 1 is 1.31 bits per heavy atom. The molecule has 1 aromatic heterocycles. The molecule has 13 heavy (non-hydrogen) atoms. The number of nitrogens with zero attached hydrogens (tertiary/aromatic N) is 2. The monoisotopic (exact) mass is 177 g/mol. The zero-order valence-electron chi connectivity index (χ0n) is 8.45. The lowest BCUT2D eigenvalue weighted by molar-refractivity contribution is 0.734. The van der Waals surface area contributed by atoms with E-state index in [2.05, 4.69) is 29.8 Å². The lowest BCUT2D eigenvalue weighted by atomic mass is 10.3. The van der Waals surface area contributed by atoms with Crippen LogP contribution in [0.25, 0.3) is 0 Å². The van der Waals surface area contributed by atoms with Crippen LogP contribution in [0.5, 0.6) is 0 Å². The van der Waals surface area contributed by atoms with Gasteiger partial charge in [-0.2, -0.15) is 0 Å². The average Bonchev–Trinajstić information content (AvgIpc) is 2.19. The summed E-state index contributed by atoms with van der Waals surface area (Å²) in [5, 5.41) is 0. The molecular formula is C11H17N2. The van der Waals surface area contributed by atoms with Gasteiger partial charge in [0.25, 0.3) is 0 Å². The highest BCUT2D eigenvalue weighted by molar-refractivity contribution is 5.36. The fraction of sp³-hybridized carbons (Fsp3) is 0.545. The molecule has 0 aliphatic rings. The van der Waals surface area contributed by atoms with Crippen molar-refractivity contribution in [1.82, 2.24) is 4.98 Å². The topological polar surface area (TPSA) is 16.1 Å². The Morgan fingerprint density at radius 2 is 2.00 bits per heavy atom. The average molecular weight is 177 g/mol. The molecule has 2 nitrogen and oxygen atoms in total. The lowest BCUT2D eigenvalue weighted by Crippen LogP contribution is -2.25. The van der Waals surface area contributed by atoms with Crippen molar-refractivity contribution in [3.8, 4) is 0 Å². The molecule has 0 aliphatic carbocycles.